The normalized spacial score (nSPS) is 12.2. The van der Waals surface area contributed by atoms with Crippen LogP contribution in [-0.4, -0.2) is 4.57 Å². The molecule has 0 amide bonds. The van der Waals surface area contributed by atoms with Crippen molar-refractivity contribution < 1.29 is 0 Å². The van der Waals surface area contributed by atoms with Gasteiger partial charge in [0.1, 0.15) is 0 Å². The first kappa shape index (κ1) is 29.7. The number of para-hydroxylation sites is 2. The third-order valence-electron chi connectivity index (χ3n) is 9.42. The number of halogens is 1. The molecule has 9 rings (SSSR count). The molecule has 232 valence electrons. The predicted octanol–water partition coefficient (Wildman–Crippen LogP) is 11.1. The molecule has 0 saturated carbocycles. The molecule has 4 nitrogen and oxygen atoms in total. The van der Waals surface area contributed by atoms with E-state index in [2.05, 4.69) is 138 Å². The van der Waals surface area contributed by atoms with Crippen molar-refractivity contribution in [2.75, 3.05) is 0 Å². The number of nitrogens with zero attached hydrogens (tertiary/aromatic N) is 4. The van der Waals surface area contributed by atoms with Crippen molar-refractivity contribution in [3.05, 3.63) is 179 Å². The number of aromatic nitrogens is 1. The van der Waals surface area contributed by atoms with E-state index in [1.54, 1.807) is 0 Å². The van der Waals surface area contributed by atoms with E-state index in [-0.39, 0.29) is 0 Å². The van der Waals surface area contributed by atoms with Gasteiger partial charge in [-0.1, -0.05) is 36.4 Å². The molecule has 1 aliphatic heterocycles. The van der Waals surface area contributed by atoms with E-state index >= 15 is 0 Å². The number of hydrogen-bond donors (Lipinski definition) is 0. The van der Waals surface area contributed by atoms with Crippen molar-refractivity contribution in [3.8, 4) is 57.3 Å². The Morgan fingerprint density at radius 3 is 1.84 bits per heavy atom. The van der Waals surface area contributed by atoms with Crippen LogP contribution in [0.15, 0.2) is 152 Å². The van der Waals surface area contributed by atoms with Gasteiger partial charge in [-0.05, 0) is 0 Å². The number of nitriles is 3. The molecule has 0 saturated heterocycles. The minimum absolute atomic E-state index is 0.626. The molecule has 50 heavy (non-hydrogen) atoms. The van der Waals surface area contributed by atoms with Gasteiger partial charge in [0.2, 0.25) is 0 Å². The third kappa shape index (κ3) is 4.62. The predicted molar refractivity (Wildman–Crippen MR) is 208 cm³/mol. The summed E-state index contributed by atoms with van der Waals surface area (Å²) in [7, 11) is 0. The molecule has 0 bridgehead atoms. The fourth-order valence-corrected chi connectivity index (χ4v) is 13.6. The summed E-state index contributed by atoms with van der Waals surface area (Å²) in [6.45, 7) is 0. The average molecular weight is 749 g/mol. The molecular weight excluding hydrogens is 723 g/mol. The molecule has 2 heterocycles. The van der Waals surface area contributed by atoms with E-state index in [9.17, 15) is 15.8 Å². The summed E-state index contributed by atoms with van der Waals surface area (Å²) in [6.07, 6.45) is 0. The number of hydrogen-bond acceptors (Lipinski definition) is 3. The van der Waals surface area contributed by atoms with Crippen LogP contribution >= 0.6 is 19.8 Å². The van der Waals surface area contributed by atoms with Gasteiger partial charge >= 0.3 is 262 Å². The number of rotatable bonds is 4. The zero-order valence-electron chi connectivity index (χ0n) is 26.6. The van der Waals surface area contributed by atoms with Gasteiger partial charge in [-0.2, -0.15) is 0 Å². The minimum atomic E-state index is -2.14. The fraction of sp³-hybridized carbons (Fsp3) is 0. The molecule has 0 radical (unpaired) electrons. The van der Waals surface area contributed by atoms with Gasteiger partial charge < -0.3 is 0 Å². The van der Waals surface area contributed by atoms with Crippen LogP contribution in [0.4, 0.5) is 0 Å². The van der Waals surface area contributed by atoms with Gasteiger partial charge in [-0.15, -0.1) is 0 Å². The second-order valence-electron chi connectivity index (χ2n) is 12.2. The second kappa shape index (κ2) is 11.9. The molecule has 0 N–H and O–H groups in total. The summed E-state index contributed by atoms with van der Waals surface area (Å²) < 4.78 is 6.07. The Labute approximate surface area is 296 Å². The summed E-state index contributed by atoms with van der Waals surface area (Å²) in [4.78, 5) is 0. The molecule has 0 atom stereocenters. The first-order valence-electron chi connectivity index (χ1n) is 16.2. The molecule has 0 unspecified atom stereocenters. The van der Waals surface area contributed by atoms with Gasteiger partial charge in [-0.3, -0.25) is 0 Å². The van der Waals surface area contributed by atoms with E-state index in [4.69, 9.17) is 0 Å². The maximum absolute atomic E-state index is 10.3. The van der Waals surface area contributed by atoms with Crippen molar-refractivity contribution in [3.63, 3.8) is 0 Å². The molecule has 7 aromatic carbocycles. The van der Waals surface area contributed by atoms with Crippen LogP contribution in [0, 0.1) is 44.7 Å². The molecule has 8 aromatic rings. The van der Waals surface area contributed by atoms with Crippen molar-refractivity contribution in [2.24, 2.45) is 0 Å². The SMILES string of the molecule is N#Cc1ccc2c(c1)-c1ccc(C#N)cc1I2c1cccc(-c2ccc(-c3c(C#N)cccc3-n3c4ccccc4c4ccccc43)cc2)c1. The summed E-state index contributed by atoms with van der Waals surface area (Å²) in [5.41, 5.74) is 11.4. The molecule has 0 spiro atoms. The molecule has 0 fully saturated rings. The Morgan fingerprint density at radius 2 is 1.12 bits per heavy atom. The van der Waals surface area contributed by atoms with E-state index in [1.807, 2.05) is 36.4 Å². The monoisotopic (exact) mass is 748 g/mol. The second-order valence-corrected chi connectivity index (χ2v) is 17.4. The zero-order valence-corrected chi connectivity index (χ0v) is 28.8. The molecule has 5 heteroatoms. The quantitative estimate of drug-likeness (QED) is 0.168. The van der Waals surface area contributed by atoms with Crippen LogP contribution < -0.4 is 0 Å². The molecule has 1 aromatic heterocycles. The maximum atomic E-state index is 10.3. The molecular formula is C45H25IN4. The van der Waals surface area contributed by atoms with Gasteiger partial charge in [0, 0.05) is 0 Å². The standard InChI is InChI=1S/C45H25IN4/c47-26-29-16-22-40-39(23-29)36-21-15-30(27-48)24-41(36)46(40)35-9-5-7-33(25-35)31-17-19-32(20-18-31)45-34(28-49)8-6-14-44(45)50-42-12-3-1-10-37(42)38-11-2-4-13-43(38)50/h1-25H. The van der Waals surface area contributed by atoms with Crippen LogP contribution in [0.25, 0.3) is 60.9 Å². The number of benzene rings is 7. The van der Waals surface area contributed by atoms with Crippen molar-refractivity contribution in [2.45, 2.75) is 0 Å². The van der Waals surface area contributed by atoms with Crippen LogP contribution in [0.1, 0.15) is 16.7 Å². The molecule has 1 aliphatic rings. The first-order chi connectivity index (χ1) is 24.7. The Kier molecular flexibility index (Phi) is 7.06. The van der Waals surface area contributed by atoms with Crippen LogP contribution in [-0.2, 0) is 0 Å². The van der Waals surface area contributed by atoms with E-state index < -0.39 is 19.8 Å². The van der Waals surface area contributed by atoms with Gasteiger partial charge in [0.25, 0.3) is 0 Å². The summed E-state index contributed by atoms with van der Waals surface area (Å²) in [6, 6.07) is 59.2. The number of fused-ring (bicyclic) bond motifs is 6. The van der Waals surface area contributed by atoms with E-state index in [0.29, 0.717) is 16.7 Å². The Morgan fingerprint density at radius 1 is 0.460 bits per heavy atom. The first-order valence-corrected chi connectivity index (χ1v) is 19.4. The summed E-state index contributed by atoms with van der Waals surface area (Å²) in [5, 5.41) is 32.0. The van der Waals surface area contributed by atoms with Gasteiger partial charge in [0.05, 0.1) is 0 Å². The van der Waals surface area contributed by atoms with Crippen molar-refractivity contribution >= 4 is 41.6 Å². The molecule has 0 aliphatic carbocycles. The van der Waals surface area contributed by atoms with Gasteiger partial charge in [0.15, 0.2) is 0 Å². The Hall–Kier alpha value is -6.46. The van der Waals surface area contributed by atoms with Crippen LogP contribution in [0.3, 0.4) is 0 Å². The van der Waals surface area contributed by atoms with E-state index in [1.165, 1.54) is 21.5 Å². The Balaban J connectivity index is 1.15. The van der Waals surface area contributed by atoms with Crippen LogP contribution in [0.2, 0.25) is 0 Å². The fourth-order valence-electron chi connectivity index (χ4n) is 7.19. The summed E-state index contributed by atoms with van der Waals surface area (Å²) >= 11 is -2.14. The summed E-state index contributed by atoms with van der Waals surface area (Å²) in [5.74, 6) is 0. The van der Waals surface area contributed by atoms with Crippen LogP contribution in [0.5, 0.6) is 0 Å². The topological polar surface area (TPSA) is 76.3 Å². The third-order valence-corrected chi connectivity index (χ3v) is 15.5. The average Bonchev–Trinajstić information content (AvgIpc) is 3.69. The zero-order chi connectivity index (χ0) is 33.8. The van der Waals surface area contributed by atoms with E-state index in [0.717, 1.165) is 50.1 Å². The van der Waals surface area contributed by atoms with Gasteiger partial charge in [-0.25, -0.2) is 0 Å². The van der Waals surface area contributed by atoms with Crippen molar-refractivity contribution in [1.29, 1.82) is 15.8 Å². The van der Waals surface area contributed by atoms with Crippen molar-refractivity contribution in [1.82, 2.24) is 4.57 Å². The Bertz CT molecular complexity index is 2750.